The van der Waals surface area contributed by atoms with Gasteiger partial charge >= 0.3 is 0 Å². The second-order valence-electron chi connectivity index (χ2n) is 4.97. The molecule has 2 aliphatic heterocycles. The van der Waals surface area contributed by atoms with Crippen molar-refractivity contribution < 1.29 is 9.47 Å². The van der Waals surface area contributed by atoms with Crippen LogP contribution in [0.2, 0.25) is 0 Å². The van der Waals surface area contributed by atoms with Crippen LogP contribution in [0.1, 0.15) is 18.5 Å². The second kappa shape index (κ2) is 5.77. The minimum Gasteiger partial charge on any atom is -0.486 e. The lowest BCUT2D eigenvalue weighted by Crippen LogP contribution is -2.28. The Morgan fingerprint density at radius 1 is 1.26 bits per heavy atom. The van der Waals surface area contributed by atoms with Crippen LogP contribution in [0.5, 0.6) is 11.5 Å². The summed E-state index contributed by atoms with van der Waals surface area (Å²) in [6.07, 6.45) is 0. The van der Waals surface area contributed by atoms with Crippen molar-refractivity contribution in [2.45, 2.75) is 13.0 Å². The Bertz CT molecular complexity index is 439. The lowest BCUT2D eigenvalue weighted by molar-refractivity contribution is 0.171. The van der Waals surface area contributed by atoms with Gasteiger partial charge < -0.3 is 14.8 Å². The van der Waals surface area contributed by atoms with Gasteiger partial charge in [0.1, 0.15) is 13.2 Å². The van der Waals surface area contributed by atoms with Gasteiger partial charge in [-0.3, -0.25) is 5.43 Å². The quantitative estimate of drug-likeness (QED) is 0.751. The van der Waals surface area contributed by atoms with Crippen molar-refractivity contribution in [3.05, 3.63) is 23.8 Å². The topological polar surface area (TPSA) is 54.5 Å². The maximum Gasteiger partial charge on any atom is 0.161 e. The van der Waals surface area contributed by atoms with E-state index < -0.39 is 0 Å². The van der Waals surface area contributed by atoms with Crippen LogP contribution >= 0.6 is 0 Å². The smallest absolute Gasteiger partial charge is 0.161 e. The summed E-state index contributed by atoms with van der Waals surface area (Å²) < 4.78 is 11.2. The second-order valence-corrected chi connectivity index (χ2v) is 4.97. The highest BCUT2D eigenvalue weighted by atomic mass is 16.6. The van der Waals surface area contributed by atoms with Crippen LogP contribution in [0.15, 0.2) is 18.2 Å². The van der Waals surface area contributed by atoms with E-state index in [1.807, 2.05) is 6.07 Å². The molecule has 5 heteroatoms. The van der Waals surface area contributed by atoms with E-state index in [2.05, 4.69) is 35.2 Å². The molecule has 3 N–H and O–H groups in total. The average Bonchev–Trinajstić information content (AvgIpc) is 2.93. The van der Waals surface area contributed by atoms with Gasteiger partial charge in [0.05, 0.1) is 6.04 Å². The molecule has 2 atom stereocenters. The predicted molar refractivity (Wildman–Crippen MR) is 73.3 cm³/mol. The van der Waals surface area contributed by atoms with E-state index >= 15 is 0 Å². The number of nitrogens with one attached hydrogen (secondary N) is 3. The molecule has 5 nitrogen and oxygen atoms in total. The molecular weight excluding hydrogens is 242 g/mol. The molecule has 2 unspecified atom stereocenters. The molecule has 1 saturated heterocycles. The third-order valence-corrected chi connectivity index (χ3v) is 3.68. The van der Waals surface area contributed by atoms with Gasteiger partial charge in [0.15, 0.2) is 11.5 Å². The van der Waals surface area contributed by atoms with Gasteiger partial charge in [-0.15, -0.1) is 0 Å². The molecule has 0 saturated carbocycles. The highest BCUT2D eigenvalue weighted by Crippen LogP contribution is 2.34. The van der Waals surface area contributed by atoms with Gasteiger partial charge in [-0.1, -0.05) is 13.0 Å². The molecule has 104 valence electrons. The van der Waals surface area contributed by atoms with Crippen LogP contribution in [-0.2, 0) is 0 Å². The number of rotatable bonds is 4. The van der Waals surface area contributed by atoms with Gasteiger partial charge in [-0.25, -0.2) is 5.43 Å². The normalized spacial score (nSPS) is 25.5. The van der Waals surface area contributed by atoms with E-state index in [1.165, 1.54) is 5.56 Å². The molecule has 0 aromatic heterocycles. The van der Waals surface area contributed by atoms with Crippen molar-refractivity contribution in [3.63, 3.8) is 0 Å². The zero-order chi connectivity index (χ0) is 13.1. The van der Waals surface area contributed by atoms with Gasteiger partial charge in [0.25, 0.3) is 0 Å². The summed E-state index contributed by atoms with van der Waals surface area (Å²) in [4.78, 5) is 0. The van der Waals surface area contributed by atoms with E-state index in [-0.39, 0.29) is 0 Å². The Morgan fingerprint density at radius 3 is 2.95 bits per heavy atom. The zero-order valence-electron chi connectivity index (χ0n) is 11.2. The van der Waals surface area contributed by atoms with E-state index in [1.54, 1.807) is 0 Å². The van der Waals surface area contributed by atoms with Crippen LogP contribution in [-0.4, -0.2) is 32.8 Å². The van der Waals surface area contributed by atoms with Crippen molar-refractivity contribution >= 4 is 0 Å². The predicted octanol–water partition coefficient (Wildman–Crippen LogP) is 0.832. The molecule has 3 rings (SSSR count). The molecule has 19 heavy (non-hydrogen) atoms. The standard InChI is InChI=1S/C14H21N3O2/c1-2-15-8-11-9-16-17-14(11)10-3-4-12-13(7-10)19-6-5-18-12/h3-4,7,11,14-17H,2,5-6,8-9H2,1H3. The van der Waals surface area contributed by atoms with Gasteiger partial charge in [-0.05, 0) is 24.2 Å². The maximum absolute atomic E-state index is 5.65. The van der Waals surface area contributed by atoms with Crippen molar-refractivity contribution in [3.8, 4) is 11.5 Å². The van der Waals surface area contributed by atoms with Crippen LogP contribution in [0.3, 0.4) is 0 Å². The van der Waals surface area contributed by atoms with Gasteiger partial charge in [0.2, 0.25) is 0 Å². The summed E-state index contributed by atoms with van der Waals surface area (Å²) in [5.41, 5.74) is 7.85. The lowest BCUT2D eigenvalue weighted by Gasteiger charge is -2.23. The summed E-state index contributed by atoms with van der Waals surface area (Å²) in [7, 11) is 0. The Morgan fingerprint density at radius 2 is 2.11 bits per heavy atom. The minimum atomic E-state index is 0.315. The first-order valence-electron chi connectivity index (χ1n) is 6.97. The fourth-order valence-electron chi connectivity index (χ4n) is 2.66. The first kappa shape index (κ1) is 12.7. The molecular formula is C14H21N3O2. The summed E-state index contributed by atoms with van der Waals surface area (Å²) in [6.45, 7) is 6.40. The molecule has 0 amide bonds. The number of hydrazine groups is 1. The SMILES string of the molecule is CCNCC1CNNC1c1ccc2c(c1)OCCO2. The third kappa shape index (κ3) is 2.68. The molecule has 2 aliphatic rings. The van der Waals surface area contributed by atoms with E-state index in [0.29, 0.717) is 25.2 Å². The molecule has 0 radical (unpaired) electrons. The van der Waals surface area contributed by atoms with Crippen molar-refractivity contribution in [2.24, 2.45) is 5.92 Å². The van der Waals surface area contributed by atoms with Gasteiger partial charge in [0, 0.05) is 19.0 Å². The molecule has 1 aromatic carbocycles. The van der Waals surface area contributed by atoms with E-state index in [4.69, 9.17) is 9.47 Å². The largest absolute Gasteiger partial charge is 0.486 e. The van der Waals surface area contributed by atoms with Crippen LogP contribution in [0.25, 0.3) is 0 Å². The molecule has 1 aromatic rings. The highest BCUT2D eigenvalue weighted by Gasteiger charge is 2.28. The van der Waals surface area contributed by atoms with E-state index in [9.17, 15) is 0 Å². The summed E-state index contributed by atoms with van der Waals surface area (Å²) >= 11 is 0. The van der Waals surface area contributed by atoms with Crippen molar-refractivity contribution in [2.75, 3.05) is 32.8 Å². The molecule has 1 fully saturated rings. The Balaban J connectivity index is 1.77. The van der Waals surface area contributed by atoms with Gasteiger partial charge in [-0.2, -0.15) is 0 Å². The zero-order valence-corrected chi connectivity index (χ0v) is 11.2. The Labute approximate surface area is 113 Å². The first-order valence-corrected chi connectivity index (χ1v) is 6.97. The molecule has 0 spiro atoms. The van der Waals surface area contributed by atoms with Crippen LogP contribution in [0, 0.1) is 5.92 Å². The Hall–Kier alpha value is -1.30. The summed E-state index contributed by atoms with van der Waals surface area (Å²) in [5, 5.41) is 3.42. The fraction of sp³-hybridized carbons (Fsp3) is 0.571. The van der Waals surface area contributed by atoms with Crippen LogP contribution < -0.4 is 25.6 Å². The lowest BCUT2D eigenvalue weighted by atomic mass is 9.94. The number of ether oxygens (including phenoxy) is 2. The Kier molecular flexibility index (Phi) is 3.87. The highest BCUT2D eigenvalue weighted by molar-refractivity contribution is 5.45. The van der Waals surface area contributed by atoms with E-state index in [0.717, 1.165) is 31.1 Å². The summed E-state index contributed by atoms with van der Waals surface area (Å²) in [5.74, 6) is 2.26. The molecule has 2 heterocycles. The minimum absolute atomic E-state index is 0.315. The first-order chi connectivity index (χ1) is 9.38. The van der Waals surface area contributed by atoms with Crippen LogP contribution in [0.4, 0.5) is 0 Å². The average molecular weight is 263 g/mol. The third-order valence-electron chi connectivity index (χ3n) is 3.68. The number of hydrogen-bond donors (Lipinski definition) is 3. The number of benzene rings is 1. The monoisotopic (exact) mass is 263 g/mol. The summed E-state index contributed by atoms with van der Waals surface area (Å²) in [6, 6.07) is 6.54. The molecule has 0 bridgehead atoms. The van der Waals surface area contributed by atoms with Crippen molar-refractivity contribution in [1.29, 1.82) is 0 Å². The fourth-order valence-corrected chi connectivity index (χ4v) is 2.66. The number of fused-ring (bicyclic) bond motifs is 1. The maximum atomic E-state index is 5.65. The number of hydrogen-bond acceptors (Lipinski definition) is 5. The molecule has 0 aliphatic carbocycles. The van der Waals surface area contributed by atoms with Crippen molar-refractivity contribution in [1.82, 2.24) is 16.2 Å².